The summed E-state index contributed by atoms with van der Waals surface area (Å²) in [7, 11) is 0. The van der Waals surface area contributed by atoms with Crippen LogP contribution < -0.4 is 11.1 Å². The van der Waals surface area contributed by atoms with E-state index in [1.807, 2.05) is 32.0 Å². The van der Waals surface area contributed by atoms with E-state index in [1.165, 1.54) is 0 Å². The normalized spacial score (nSPS) is 14.4. The van der Waals surface area contributed by atoms with Gasteiger partial charge in [-0.2, -0.15) is 5.10 Å². The number of nitrogens with two attached hydrogens (primary N) is 1. The van der Waals surface area contributed by atoms with Gasteiger partial charge in [0, 0.05) is 11.9 Å². The lowest BCUT2D eigenvalue weighted by Gasteiger charge is -2.25. The Labute approximate surface area is 106 Å². The zero-order valence-corrected chi connectivity index (χ0v) is 10.7. The minimum Gasteiger partial charge on any atom is -0.329 e. The zero-order chi connectivity index (χ0) is 13.2. The standard InChI is InChI=1S/C13H18N4O/c1-3-13(2,8-14)12(18)16-10-5-4-6-11-9(10)7-15-17-11/h4-7H,3,8,14H2,1-2H3,(H,15,17)(H,16,18). The van der Waals surface area contributed by atoms with Crippen LogP contribution in [0.3, 0.4) is 0 Å². The molecule has 5 nitrogen and oxygen atoms in total. The topological polar surface area (TPSA) is 83.8 Å². The summed E-state index contributed by atoms with van der Waals surface area (Å²) < 4.78 is 0. The molecule has 4 N–H and O–H groups in total. The summed E-state index contributed by atoms with van der Waals surface area (Å²) in [4.78, 5) is 12.2. The number of hydrogen-bond donors (Lipinski definition) is 3. The average molecular weight is 246 g/mol. The van der Waals surface area contributed by atoms with E-state index in [0.29, 0.717) is 13.0 Å². The molecule has 0 aliphatic carbocycles. The molecular weight excluding hydrogens is 228 g/mol. The molecule has 1 amide bonds. The van der Waals surface area contributed by atoms with Gasteiger partial charge >= 0.3 is 0 Å². The van der Waals surface area contributed by atoms with E-state index < -0.39 is 5.41 Å². The molecule has 1 aromatic carbocycles. The van der Waals surface area contributed by atoms with Gasteiger partial charge in [0.15, 0.2) is 0 Å². The second kappa shape index (κ2) is 4.78. The first-order valence-electron chi connectivity index (χ1n) is 6.04. The Bertz CT molecular complexity index is 557. The van der Waals surface area contributed by atoms with Gasteiger partial charge in [0.25, 0.3) is 0 Å². The lowest BCUT2D eigenvalue weighted by Crippen LogP contribution is -2.39. The molecule has 0 saturated carbocycles. The molecule has 0 aliphatic rings. The SMILES string of the molecule is CCC(C)(CN)C(=O)Nc1cccc2[nH]ncc12. The third-order valence-corrected chi connectivity index (χ3v) is 3.51. The molecule has 0 spiro atoms. The summed E-state index contributed by atoms with van der Waals surface area (Å²) in [6.45, 7) is 4.17. The number of carbonyl (C=O) groups is 1. The highest BCUT2D eigenvalue weighted by molar-refractivity contribution is 6.02. The number of amides is 1. The molecular formula is C13H18N4O. The molecule has 2 rings (SSSR count). The van der Waals surface area contributed by atoms with Crippen molar-refractivity contribution in [2.45, 2.75) is 20.3 Å². The highest BCUT2D eigenvalue weighted by Crippen LogP contribution is 2.25. The van der Waals surface area contributed by atoms with Crippen molar-refractivity contribution in [2.24, 2.45) is 11.1 Å². The van der Waals surface area contributed by atoms with Crippen LogP contribution in [-0.4, -0.2) is 22.6 Å². The van der Waals surface area contributed by atoms with Crippen LogP contribution in [0.2, 0.25) is 0 Å². The van der Waals surface area contributed by atoms with Gasteiger partial charge in [-0.25, -0.2) is 0 Å². The van der Waals surface area contributed by atoms with E-state index >= 15 is 0 Å². The summed E-state index contributed by atoms with van der Waals surface area (Å²) in [5.74, 6) is -0.0544. The minimum absolute atomic E-state index is 0.0544. The number of anilines is 1. The minimum atomic E-state index is -0.536. The lowest BCUT2D eigenvalue weighted by molar-refractivity contribution is -0.124. The molecule has 0 saturated heterocycles. The van der Waals surface area contributed by atoms with Gasteiger partial charge in [0.05, 0.1) is 22.8 Å². The highest BCUT2D eigenvalue weighted by atomic mass is 16.2. The molecule has 1 aromatic heterocycles. The van der Waals surface area contributed by atoms with Gasteiger partial charge in [-0.1, -0.05) is 13.0 Å². The van der Waals surface area contributed by atoms with Crippen LogP contribution in [0.5, 0.6) is 0 Å². The van der Waals surface area contributed by atoms with Crippen LogP contribution in [-0.2, 0) is 4.79 Å². The number of nitrogens with zero attached hydrogens (tertiary/aromatic N) is 1. The quantitative estimate of drug-likeness (QED) is 0.770. The fourth-order valence-corrected chi connectivity index (χ4v) is 1.75. The van der Waals surface area contributed by atoms with Gasteiger partial charge in [-0.15, -0.1) is 0 Å². The molecule has 18 heavy (non-hydrogen) atoms. The largest absolute Gasteiger partial charge is 0.329 e. The lowest BCUT2D eigenvalue weighted by atomic mass is 9.86. The number of aromatic amines is 1. The molecule has 0 aliphatic heterocycles. The van der Waals surface area contributed by atoms with E-state index in [9.17, 15) is 4.79 Å². The molecule has 1 heterocycles. The smallest absolute Gasteiger partial charge is 0.231 e. The number of H-pyrrole nitrogens is 1. The van der Waals surface area contributed by atoms with Crippen molar-refractivity contribution in [2.75, 3.05) is 11.9 Å². The highest BCUT2D eigenvalue weighted by Gasteiger charge is 2.29. The van der Waals surface area contributed by atoms with Crippen LogP contribution in [0, 0.1) is 5.41 Å². The van der Waals surface area contributed by atoms with Crippen molar-refractivity contribution < 1.29 is 4.79 Å². The van der Waals surface area contributed by atoms with Gasteiger partial charge in [-0.05, 0) is 25.5 Å². The van der Waals surface area contributed by atoms with E-state index in [4.69, 9.17) is 5.73 Å². The second-order valence-corrected chi connectivity index (χ2v) is 4.71. The van der Waals surface area contributed by atoms with Gasteiger partial charge in [0.2, 0.25) is 5.91 Å². The number of rotatable bonds is 4. The first kappa shape index (κ1) is 12.6. The van der Waals surface area contributed by atoms with Crippen molar-refractivity contribution in [3.05, 3.63) is 24.4 Å². The number of carbonyl (C=O) groups excluding carboxylic acids is 1. The Morgan fingerprint density at radius 3 is 3.00 bits per heavy atom. The molecule has 5 heteroatoms. The molecule has 96 valence electrons. The Balaban J connectivity index is 2.29. The van der Waals surface area contributed by atoms with Crippen molar-refractivity contribution in [1.82, 2.24) is 10.2 Å². The first-order valence-corrected chi connectivity index (χ1v) is 6.04. The Kier molecular flexibility index (Phi) is 3.34. The van der Waals surface area contributed by atoms with Gasteiger partial charge in [0.1, 0.15) is 0 Å². The fourth-order valence-electron chi connectivity index (χ4n) is 1.75. The number of hydrogen-bond acceptors (Lipinski definition) is 3. The number of nitrogens with one attached hydrogen (secondary N) is 2. The van der Waals surface area contributed by atoms with E-state index in [2.05, 4.69) is 15.5 Å². The summed E-state index contributed by atoms with van der Waals surface area (Å²) in [6, 6.07) is 5.66. The predicted molar refractivity (Wildman–Crippen MR) is 72.2 cm³/mol. The monoisotopic (exact) mass is 246 g/mol. The van der Waals surface area contributed by atoms with Crippen LogP contribution in [0.15, 0.2) is 24.4 Å². The van der Waals surface area contributed by atoms with Crippen molar-refractivity contribution >= 4 is 22.5 Å². The summed E-state index contributed by atoms with van der Waals surface area (Å²) in [5, 5.41) is 10.7. The van der Waals surface area contributed by atoms with Gasteiger partial charge < -0.3 is 11.1 Å². The zero-order valence-electron chi connectivity index (χ0n) is 10.7. The van der Waals surface area contributed by atoms with Crippen LogP contribution in [0.1, 0.15) is 20.3 Å². The molecule has 0 fully saturated rings. The molecule has 1 unspecified atom stereocenters. The third-order valence-electron chi connectivity index (χ3n) is 3.51. The van der Waals surface area contributed by atoms with Crippen molar-refractivity contribution in [3.8, 4) is 0 Å². The Morgan fingerprint density at radius 1 is 1.56 bits per heavy atom. The Morgan fingerprint density at radius 2 is 2.33 bits per heavy atom. The Hall–Kier alpha value is -1.88. The average Bonchev–Trinajstić information content (AvgIpc) is 2.87. The molecule has 1 atom stereocenters. The maximum absolute atomic E-state index is 12.2. The van der Waals surface area contributed by atoms with Crippen molar-refractivity contribution in [1.29, 1.82) is 0 Å². The van der Waals surface area contributed by atoms with E-state index in [0.717, 1.165) is 16.6 Å². The summed E-state index contributed by atoms with van der Waals surface area (Å²) in [6.07, 6.45) is 2.41. The van der Waals surface area contributed by atoms with Crippen LogP contribution >= 0.6 is 0 Å². The second-order valence-electron chi connectivity index (χ2n) is 4.71. The number of aromatic nitrogens is 2. The summed E-state index contributed by atoms with van der Waals surface area (Å²) in [5.41, 5.74) is 6.81. The van der Waals surface area contributed by atoms with Gasteiger partial charge in [-0.3, -0.25) is 9.89 Å². The molecule has 2 aromatic rings. The number of benzene rings is 1. The van der Waals surface area contributed by atoms with E-state index in [-0.39, 0.29) is 5.91 Å². The van der Waals surface area contributed by atoms with E-state index in [1.54, 1.807) is 6.20 Å². The van der Waals surface area contributed by atoms with Crippen molar-refractivity contribution in [3.63, 3.8) is 0 Å². The van der Waals surface area contributed by atoms with Crippen LogP contribution in [0.4, 0.5) is 5.69 Å². The number of fused-ring (bicyclic) bond motifs is 1. The third kappa shape index (κ3) is 2.09. The maximum Gasteiger partial charge on any atom is 0.231 e. The fraction of sp³-hybridized carbons (Fsp3) is 0.385. The first-order chi connectivity index (χ1) is 8.60. The van der Waals surface area contributed by atoms with Crippen LogP contribution in [0.25, 0.3) is 10.9 Å². The summed E-state index contributed by atoms with van der Waals surface area (Å²) >= 11 is 0. The molecule has 0 radical (unpaired) electrons. The maximum atomic E-state index is 12.2. The molecule has 0 bridgehead atoms. The predicted octanol–water partition coefficient (Wildman–Crippen LogP) is 1.88.